The number of carbonyl (C=O) groups is 1. The lowest BCUT2D eigenvalue weighted by atomic mass is 9.95. The van der Waals surface area contributed by atoms with E-state index in [1.807, 2.05) is 18.4 Å². The Bertz CT molecular complexity index is 1040. The molecule has 1 saturated carbocycles. The fourth-order valence-electron chi connectivity index (χ4n) is 3.67. The summed E-state index contributed by atoms with van der Waals surface area (Å²) in [7, 11) is 0. The van der Waals surface area contributed by atoms with Gasteiger partial charge in [-0.3, -0.25) is 14.7 Å². The van der Waals surface area contributed by atoms with Gasteiger partial charge in [0, 0.05) is 12.0 Å². The number of benzene rings is 1. The van der Waals surface area contributed by atoms with Crippen LogP contribution in [-0.2, 0) is 4.79 Å². The molecule has 0 spiro atoms. The normalized spacial score (nSPS) is 14.8. The number of hydrogen-bond donors (Lipinski definition) is 1. The molecule has 0 atom stereocenters. The van der Waals surface area contributed by atoms with Crippen molar-refractivity contribution in [2.45, 2.75) is 63.1 Å². The van der Waals surface area contributed by atoms with E-state index < -0.39 is 0 Å². The van der Waals surface area contributed by atoms with Gasteiger partial charge in [-0.25, -0.2) is 4.39 Å². The van der Waals surface area contributed by atoms with Gasteiger partial charge >= 0.3 is 6.01 Å². The molecule has 8 nitrogen and oxygen atoms in total. The Labute approximate surface area is 184 Å². The van der Waals surface area contributed by atoms with E-state index in [2.05, 4.69) is 25.7 Å². The van der Waals surface area contributed by atoms with E-state index >= 15 is 0 Å². The summed E-state index contributed by atoms with van der Waals surface area (Å²) in [4.78, 5) is 12.4. The van der Waals surface area contributed by atoms with Crippen LogP contribution in [0.5, 0.6) is 0 Å². The number of amides is 1. The number of nitrogens with one attached hydrogen (secondary N) is 1. The van der Waals surface area contributed by atoms with Crippen LogP contribution < -0.4 is 5.32 Å². The molecule has 0 bridgehead atoms. The number of thioether (sulfide) groups is 1. The molecule has 1 aliphatic rings. The predicted molar refractivity (Wildman–Crippen MR) is 115 cm³/mol. The van der Waals surface area contributed by atoms with Gasteiger partial charge < -0.3 is 4.42 Å². The molecule has 31 heavy (non-hydrogen) atoms. The molecule has 1 fully saturated rings. The lowest BCUT2D eigenvalue weighted by molar-refractivity contribution is -0.113. The minimum Gasteiger partial charge on any atom is -0.408 e. The van der Waals surface area contributed by atoms with Crippen molar-refractivity contribution in [1.29, 1.82) is 0 Å². The zero-order chi connectivity index (χ0) is 21.8. The summed E-state index contributed by atoms with van der Waals surface area (Å²) in [6.07, 6.45) is 5.39. The van der Waals surface area contributed by atoms with E-state index in [-0.39, 0.29) is 35.5 Å². The summed E-state index contributed by atoms with van der Waals surface area (Å²) in [6, 6.07) is 6.84. The van der Waals surface area contributed by atoms with Crippen molar-refractivity contribution in [3.63, 3.8) is 0 Å². The molecule has 1 amide bonds. The molecule has 0 unspecified atom stereocenters. The van der Waals surface area contributed by atoms with Crippen molar-refractivity contribution in [1.82, 2.24) is 25.0 Å². The number of rotatable bonds is 7. The van der Waals surface area contributed by atoms with Crippen LogP contribution >= 0.6 is 11.8 Å². The zero-order valence-corrected chi connectivity index (χ0v) is 18.4. The Kier molecular flexibility index (Phi) is 6.64. The maximum atomic E-state index is 14.5. The van der Waals surface area contributed by atoms with Gasteiger partial charge in [-0.1, -0.05) is 62.1 Å². The Morgan fingerprint density at radius 1 is 1.19 bits per heavy atom. The van der Waals surface area contributed by atoms with Gasteiger partial charge in [-0.2, -0.15) is 0 Å². The van der Waals surface area contributed by atoms with E-state index in [9.17, 15) is 9.18 Å². The minimum atomic E-state index is -0.335. The van der Waals surface area contributed by atoms with Crippen molar-refractivity contribution in [2.75, 3.05) is 11.1 Å². The summed E-state index contributed by atoms with van der Waals surface area (Å²) in [5.74, 6) is 0.536. The van der Waals surface area contributed by atoms with Gasteiger partial charge in [0.15, 0.2) is 11.0 Å². The second kappa shape index (κ2) is 9.59. The maximum absolute atomic E-state index is 14.5. The van der Waals surface area contributed by atoms with Crippen molar-refractivity contribution in [2.24, 2.45) is 0 Å². The highest BCUT2D eigenvalue weighted by Gasteiger charge is 2.25. The third-order valence-corrected chi connectivity index (χ3v) is 6.18. The second-order valence-electron chi connectivity index (χ2n) is 7.88. The van der Waals surface area contributed by atoms with Crippen molar-refractivity contribution < 1.29 is 13.6 Å². The summed E-state index contributed by atoms with van der Waals surface area (Å²) < 4.78 is 21.9. The Hall–Kier alpha value is -2.75. The number of aromatic nitrogens is 5. The van der Waals surface area contributed by atoms with E-state index in [0.29, 0.717) is 22.4 Å². The lowest BCUT2D eigenvalue weighted by Gasteiger charge is -2.25. The summed E-state index contributed by atoms with van der Waals surface area (Å²) in [5, 5.41) is 19.6. The van der Waals surface area contributed by atoms with Crippen LogP contribution in [0, 0.1) is 5.82 Å². The highest BCUT2D eigenvalue weighted by atomic mass is 32.2. The minimum absolute atomic E-state index is 0.0788. The zero-order valence-electron chi connectivity index (χ0n) is 17.5. The number of anilines is 1. The molecule has 2 aromatic heterocycles. The van der Waals surface area contributed by atoms with Crippen LogP contribution in [0.25, 0.3) is 11.4 Å². The van der Waals surface area contributed by atoms with Crippen LogP contribution in [0.15, 0.2) is 33.8 Å². The summed E-state index contributed by atoms with van der Waals surface area (Å²) in [5.41, 5.74) is 0.420. The highest BCUT2D eigenvalue weighted by Crippen LogP contribution is 2.36. The SMILES string of the molecule is CC(C)c1nnc(NC(=O)CSc2nnc(-c3ccccc3F)n2C2CCCCC2)o1. The number of hydrogen-bond acceptors (Lipinski definition) is 7. The van der Waals surface area contributed by atoms with Crippen molar-refractivity contribution in [3.05, 3.63) is 36.0 Å². The van der Waals surface area contributed by atoms with Gasteiger partial charge in [-0.05, 0) is 25.0 Å². The molecule has 3 aromatic rings. The molecule has 164 valence electrons. The van der Waals surface area contributed by atoms with E-state index in [1.54, 1.807) is 18.2 Å². The average molecular weight is 445 g/mol. The monoisotopic (exact) mass is 444 g/mol. The van der Waals surface area contributed by atoms with Crippen LogP contribution in [0.2, 0.25) is 0 Å². The summed E-state index contributed by atoms with van der Waals surface area (Å²) in [6.45, 7) is 3.86. The van der Waals surface area contributed by atoms with Gasteiger partial charge in [0.25, 0.3) is 0 Å². The molecule has 1 N–H and O–H groups in total. The number of carbonyl (C=O) groups excluding carboxylic acids is 1. The first-order valence-electron chi connectivity index (χ1n) is 10.5. The molecule has 0 saturated heterocycles. The van der Waals surface area contributed by atoms with Gasteiger partial charge in [0.2, 0.25) is 11.8 Å². The Balaban J connectivity index is 1.52. The third-order valence-electron chi connectivity index (χ3n) is 5.23. The highest BCUT2D eigenvalue weighted by molar-refractivity contribution is 7.99. The average Bonchev–Trinajstić information content (AvgIpc) is 3.40. The van der Waals surface area contributed by atoms with Crippen LogP contribution in [0.1, 0.15) is 63.8 Å². The molecule has 1 aromatic carbocycles. The molecule has 4 rings (SSSR count). The predicted octanol–water partition coefficient (Wildman–Crippen LogP) is 4.83. The van der Waals surface area contributed by atoms with E-state index in [1.165, 1.54) is 24.2 Å². The quantitative estimate of drug-likeness (QED) is 0.521. The number of nitrogens with zero attached hydrogens (tertiary/aromatic N) is 5. The van der Waals surface area contributed by atoms with E-state index in [0.717, 1.165) is 25.7 Å². The van der Waals surface area contributed by atoms with Gasteiger partial charge in [0.05, 0.1) is 11.3 Å². The van der Waals surface area contributed by atoms with Gasteiger partial charge in [0.1, 0.15) is 5.82 Å². The first kappa shape index (κ1) is 21.5. The largest absolute Gasteiger partial charge is 0.408 e. The molecular formula is C21H25FN6O2S. The van der Waals surface area contributed by atoms with Crippen LogP contribution in [-0.4, -0.2) is 36.6 Å². The first-order chi connectivity index (χ1) is 15.0. The molecular weight excluding hydrogens is 419 g/mol. The van der Waals surface area contributed by atoms with Crippen LogP contribution in [0.4, 0.5) is 10.4 Å². The fourth-order valence-corrected chi connectivity index (χ4v) is 4.48. The molecule has 2 heterocycles. The van der Waals surface area contributed by atoms with E-state index in [4.69, 9.17) is 4.42 Å². The molecule has 1 aliphatic carbocycles. The van der Waals surface area contributed by atoms with Crippen LogP contribution in [0.3, 0.4) is 0 Å². The van der Waals surface area contributed by atoms with Crippen molar-refractivity contribution in [3.8, 4) is 11.4 Å². The molecule has 10 heteroatoms. The molecule has 0 radical (unpaired) electrons. The third kappa shape index (κ3) is 4.95. The molecule has 0 aliphatic heterocycles. The topological polar surface area (TPSA) is 98.7 Å². The second-order valence-corrected chi connectivity index (χ2v) is 8.83. The standard InChI is InChI=1S/C21H25FN6O2S/c1-13(2)19-25-26-20(30-19)23-17(29)12-31-21-27-24-18(15-10-6-7-11-16(15)22)28(21)14-8-4-3-5-9-14/h6-7,10-11,13-14H,3-5,8-9,12H2,1-2H3,(H,23,26,29). The lowest BCUT2D eigenvalue weighted by Crippen LogP contribution is -2.17. The first-order valence-corrected chi connectivity index (χ1v) is 11.5. The summed E-state index contributed by atoms with van der Waals surface area (Å²) >= 11 is 1.27. The number of halogens is 1. The maximum Gasteiger partial charge on any atom is 0.322 e. The Morgan fingerprint density at radius 2 is 1.97 bits per heavy atom. The fraction of sp³-hybridized carbons (Fsp3) is 0.476. The van der Waals surface area contributed by atoms with Crippen molar-refractivity contribution >= 4 is 23.7 Å². The smallest absolute Gasteiger partial charge is 0.322 e. The van der Waals surface area contributed by atoms with Gasteiger partial charge in [-0.15, -0.1) is 15.3 Å². The Morgan fingerprint density at radius 3 is 2.68 bits per heavy atom.